The molecule has 1 aliphatic heterocycles. The van der Waals surface area contributed by atoms with Crippen molar-refractivity contribution in [2.45, 2.75) is 46.1 Å². The van der Waals surface area contributed by atoms with E-state index in [-0.39, 0.29) is 5.92 Å². The van der Waals surface area contributed by atoms with Crippen LogP contribution in [0, 0.1) is 5.92 Å². The van der Waals surface area contributed by atoms with Gasteiger partial charge in [0.2, 0.25) is 5.91 Å². The molecule has 1 aliphatic rings. The first-order chi connectivity index (χ1) is 7.56. The van der Waals surface area contributed by atoms with Crippen LogP contribution in [-0.2, 0) is 4.79 Å². The molecule has 0 radical (unpaired) electrons. The number of carbonyl (C=O) groups is 1. The molecule has 0 bridgehead atoms. The maximum absolute atomic E-state index is 11.8. The molecular weight excluding hydrogens is 200 g/mol. The lowest BCUT2D eigenvalue weighted by Crippen LogP contribution is -2.46. The summed E-state index contributed by atoms with van der Waals surface area (Å²) in [6.07, 6.45) is 3.48. The average molecular weight is 226 g/mol. The van der Waals surface area contributed by atoms with E-state index < -0.39 is 0 Å². The molecule has 0 atom stereocenters. The van der Waals surface area contributed by atoms with Gasteiger partial charge in [-0.1, -0.05) is 20.8 Å². The predicted octanol–water partition coefficient (Wildman–Crippen LogP) is 1.98. The summed E-state index contributed by atoms with van der Waals surface area (Å²) in [6, 6.07) is 0.677. The largest absolute Gasteiger partial charge is 0.342 e. The summed E-state index contributed by atoms with van der Waals surface area (Å²) in [5, 5.41) is 0. The Balaban J connectivity index is 2.36. The Morgan fingerprint density at radius 2 is 1.94 bits per heavy atom. The minimum atomic E-state index is 0.143. The molecule has 1 saturated heterocycles. The molecule has 16 heavy (non-hydrogen) atoms. The minimum absolute atomic E-state index is 0.143. The van der Waals surface area contributed by atoms with Crippen molar-refractivity contribution in [3.05, 3.63) is 0 Å². The van der Waals surface area contributed by atoms with Crippen molar-refractivity contribution in [1.82, 2.24) is 9.80 Å². The van der Waals surface area contributed by atoms with Crippen LogP contribution < -0.4 is 0 Å². The van der Waals surface area contributed by atoms with E-state index in [0.29, 0.717) is 11.9 Å². The Morgan fingerprint density at radius 1 is 1.38 bits per heavy atom. The van der Waals surface area contributed by atoms with Gasteiger partial charge in [0, 0.05) is 25.0 Å². The van der Waals surface area contributed by atoms with Crippen LogP contribution in [0.1, 0.15) is 40.0 Å². The fraction of sp³-hybridized carbons (Fsp3) is 0.923. The zero-order valence-electron chi connectivity index (χ0n) is 11.2. The summed E-state index contributed by atoms with van der Waals surface area (Å²) in [4.78, 5) is 16.3. The van der Waals surface area contributed by atoms with Gasteiger partial charge in [0.05, 0.1) is 0 Å². The van der Waals surface area contributed by atoms with Gasteiger partial charge >= 0.3 is 0 Å². The van der Waals surface area contributed by atoms with Gasteiger partial charge in [-0.15, -0.1) is 0 Å². The first-order valence-corrected chi connectivity index (χ1v) is 6.55. The number of carbonyl (C=O) groups excluding carboxylic acids is 1. The Hall–Kier alpha value is -0.570. The van der Waals surface area contributed by atoms with Crippen LogP contribution in [-0.4, -0.2) is 48.4 Å². The monoisotopic (exact) mass is 226 g/mol. The van der Waals surface area contributed by atoms with Crippen LogP contribution in [0.15, 0.2) is 0 Å². The third kappa shape index (κ3) is 3.48. The van der Waals surface area contributed by atoms with E-state index in [1.54, 1.807) is 0 Å². The molecule has 94 valence electrons. The molecule has 0 aromatic heterocycles. The predicted molar refractivity (Wildman–Crippen MR) is 67.4 cm³/mol. The fourth-order valence-electron chi connectivity index (χ4n) is 2.43. The summed E-state index contributed by atoms with van der Waals surface area (Å²) in [6.45, 7) is 9.23. The maximum atomic E-state index is 11.8. The summed E-state index contributed by atoms with van der Waals surface area (Å²) in [7, 11) is 2.20. The van der Waals surface area contributed by atoms with E-state index in [1.165, 1.54) is 13.0 Å². The highest BCUT2D eigenvalue weighted by Crippen LogP contribution is 2.17. The second-order valence-corrected chi connectivity index (χ2v) is 5.19. The van der Waals surface area contributed by atoms with Crippen LogP contribution in [0.4, 0.5) is 0 Å². The molecular formula is C13H26N2O. The topological polar surface area (TPSA) is 23.6 Å². The Labute approximate surface area is 99.8 Å². The molecule has 1 rings (SSSR count). The SMILES string of the molecule is CCCN(C)C1CCN(C(=O)C(C)C)CC1. The molecule has 0 aromatic carbocycles. The summed E-state index contributed by atoms with van der Waals surface area (Å²) < 4.78 is 0. The zero-order chi connectivity index (χ0) is 12.1. The summed E-state index contributed by atoms with van der Waals surface area (Å²) >= 11 is 0. The Kier molecular flexibility index (Phi) is 5.26. The van der Waals surface area contributed by atoms with E-state index in [4.69, 9.17) is 0 Å². The lowest BCUT2D eigenvalue weighted by atomic mass is 10.0. The highest BCUT2D eigenvalue weighted by Gasteiger charge is 2.25. The van der Waals surface area contributed by atoms with Gasteiger partial charge in [0.1, 0.15) is 0 Å². The minimum Gasteiger partial charge on any atom is -0.342 e. The van der Waals surface area contributed by atoms with E-state index in [1.807, 2.05) is 18.7 Å². The van der Waals surface area contributed by atoms with Gasteiger partial charge in [-0.25, -0.2) is 0 Å². The van der Waals surface area contributed by atoms with Gasteiger partial charge in [-0.2, -0.15) is 0 Å². The molecule has 3 nitrogen and oxygen atoms in total. The van der Waals surface area contributed by atoms with Crippen LogP contribution in [0.25, 0.3) is 0 Å². The fourth-order valence-corrected chi connectivity index (χ4v) is 2.43. The first-order valence-electron chi connectivity index (χ1n) is 6.55. The number of hydrogen-bond donors (Lipinski definition) is 0. The number of nitrogens with zero attached hydrogens (tertiary/aromatic N) is 2. The molecule has 0 spiro atoms. The van der Waals surface area contributed by atoms with Crippen molar-refractivity contribution in [2.75, 3.05) is 26.7 Å². The summed E-state index contributed by atoms with van der Waals surface area (Å²) in [5.74, 6) is 0.460. The van der Waals surface area contributed by atoms with E-state index in [0.717, 1.165) is 25.9 Å². The second kappa shape index (κ2) is 6.24. The maximum Gasteiger partial charge on any atom is 0.225 e. The Bertz CT molecular complexity index is 220. The number of piperidine rings is 1. The van der Waals surface area contributed by atoms with Crippen molar-refractivity contribution in [3.8, 4) is 0 Å². The second-order valence-electron chi connectivity index (χ2n) is 5.19. The van der Waals surface area contributed by atoms with Gasteiger partial charge in [0.15, 0.2) is 0 Å². The van der Waals surface area contributed by atoms with Crippen LogP contribution in [0.3, 0.4) is 0 Å². The van der Waals surface area contributed by atoms with Crippen molar-refractivity contribution >= 4 is 5.91 Å². The molecule has 1 heterocycles. The molecule has 1 fully saturated rings. The molecule has 3 heteroatoms. The van der Waals surface area contributed by atoms with Crippen molar-refractivity contribution in [3.63, 3.8) is 0 Å². The molecule has 0 aromatic rings. The van der Waals surface area contributed by atoms with E-state index >= 15 is 0 Å². The van der Waals surface area contributed by atoms with Gasteiger partial charge in [0.25, 0.3) is 0 Å². The van der Waals surface area contributed by atoms with Crippen molar-refractivity contribution in [2.24, 2.45) is 5.92 Å². The van der Waals surface area contributed by atoms with Crippen LogP contribution >= 0.6 is 0 Å². The van der Waals surface area contributed by atoms with E-state index in [2.05, 4.69) is 18.9 Å². The zero-order valence-corrected chi connectivity index (χ0v) is 11.2. The lowest BCUT2D eigenvalue weighted by molar-refractivity contribution is -0.136. The standard InChI is InChI=1S/C13H26N2O/c1-5-8-14(4)12-6-9-15(10-7-12)13(16)11(2)3/h11-12H,5-10H2,1-4H3. The molecule has 0 saturated carbocycles. The number of amides is 1. The number of likely N-dealkylation sites (tertiary alicyclic amines) is 1. The highest BCUT2D eigenvalue weighted by molar-refractivity contribution is 5.78. The number of hydrogen-bond acceptors (Lipinski definition) is 2. The van der Waals surface area contributed by atoms with Gasteiger partial charge in [-0.3, -0.25) is 4.79 Å². The third-order valence-corrected chi connectivity index (χ3v) is 3.47. The quantitative estimate of drug-likeness (QED) is 0.732. The highest BCUT2D eigenvalue weighted by atomic mass is 16.2. The lowest BCUT2D eigenvalue weighted by Gasteiger charge is -2.37. The van der Waals surface area contributed by atoms with Crippen LogP contribution in [0.5, 0.6) is 0 Å². The van der Waals surface area contributed by atoms with Gasteiger partial charge in [-0.05, 0) is 32.9 Å². The molecule has 1 amide bonds. The van der Waals surface area contributed by atoms with Crippen molar-refractivity contribution < 1.29 is 4.79 Å². The normalized spacial score (nSPS) is 18.5. The molecule has 0 N–H and O–H groups in total. The van der Waals surface area contributed by atoms with Crippen LogP contribution in [0.2, 0.25) is 0 Å². The van der Waals surface area contributed by atoms with Gasteiger partial charge < -0.3 is 9.80 Å². The smallest absolute Gasteiger partial charge is 0.225 e. The summed E-state index contributed by atoms with van der Waals surface area (Å²) in [5.41, 5.74) is 0. The van der Waals surface area contributed by atoms with Crippen molar-refractivity contribution in [1.29, 1.82) is 0 Å². The average Bonchev–Trinajstić information content (AvgIpc) is 2.28. The number of rotatable bonds is 4. The molecule has 0 aliphatic carbocycles. The van der Waals surface area contributed by atoms with E-state index in [9.17, 15) is 4.79 Å². The third-order valence-electron chi connectivity index (χ3n) is 3.47. The molecule has 0 unspecified atom stereocenters. The Morgan fingerprint density at radius 3 is 2.38 bits per heavy atom. The first kappa shape index (κ1) is 13.5.